The van der Waals surface area contributed by atoms with Gasteiger partial charge in [0, 0.05) is 19.3 Å². The van der Waals surface area contributed by atoms with Gasteiger partial charge in [0.05, 0.1) is 18.0 Å². The van der Waals surface area contributed by atoms with E-state index in [4.69, 9.17) is 18.9 Å². The third-order valence-electron chi connectivity index (χ3n) is 4.65. The summed E-state index contributed by atoms with van der Waals surface area (Å²) < 4.78 is 23.5. The smallest absolute Gasteiger partial charge is 0.360 e. The predicted octanol–water partition coefficient (Wildman–Crippen LogP) is 1.93. The molecular weight excluding hydrogens is 338 g/mol. The number of benzene rings is 1. The largest absolute Gasteiger partial charge is 0.486 e. The van der Waals surface area contributed by atoms with E-state index in [0.717, 1.165) is 31.7 Å². The van der Waals surface area contributed by atoms with Crippen molar-refractivity contribution in [3.05, 3.63) is 29.6 Å². The van der Waals surface area contributed by atoms with Gasteiger partial charge in [-0.2, -0.15) is 0 Å². The number of fused-ring (bicyclic) bond motifs is 1. The first-order valence-corrected chi connectivity index (χ1v) is 8.79. The van der Waals surface area contributed by atoms with Gasteiger partial charge in [0.2, 0.25) is 0 Å². The van der Waals surface area contributed by atoms with Crippen LogP contribution in [0.3, 0.4) is 0 Å². The van der Waals surface area contributed by atoms with Gasteiger partial charge in [-0.15, -0.1) is 5.10 Å². The maximum atomic E-state index is 12.4. The van der Waals surface area contributed by atoms with Crippen molar-refractivity contribution in [2.75, 3.05) is 33.0 Å². The fourth-order valence-electron chi connectivity index (χ4n) is 3.10. The topological polar surface area (TPSA) is 84.7 Å². The molecule has 8 nitrogen and oxygen atoms in total. The monoisotopic (exact) mass is 359 g/mol. The first-order chi connectivity index (χ1) is 12.7. The van der Waals surface area contributed by atoms with E-state index in [2.05, 4.69) is 10.3 Å². The molecule has 4 rings (SSSR count). The third-order valence-corrected chi connectivity index (χ3v) is 4.65. The molecule has 1 saturated heterocycles. The van der Waals surface area contributed by atoms with Gasteiger partial charge in [-0.05, 0) is 37.8 Å². The third kappa shape index (κ3) is 3.37. The fourth-order valence-corrected chi connectivity index (χ4v) is 3.10. The zero-order valence-corrected chi connectivity index (χ0v) is 14.6. The van der Waals surface area contributed by atoms with Crippen LogP contribution in [0.4, 0.5) is 0 Å². The van der Waals surface area contributed by atoms with Crippen LogP contribution in [0.2, 0.25) is 0 Å². The van der Waals surface area contributed by atoms with Crippen LogP contribution in [-0.4, -0.2) is 54.0 Å². The Balaban J connectivity index is 1.48. The minimum atomic E-state index is -0.446. The Morgan fingerprint density at radius 3 is 2.77 bits per heavy atom. The van der Waals surface area contributed by atoms with Crippen molar-refractivity contribution in [1.82, 2.24) is 15.0 Å². The van der Waals surface area contributed by atoms with Crippen LogP contribution in [0, 0.1) is 12.8 Å². The molecule has 1 aromatic heterocycles. The molecule has 1 fully saturated rings. The molecule has 0 radical (unpaired) electrons. The lowest BCUT2D eigenvalue weighted by Crippen LogP contribution is -2.22. The van der Waals surface area contributed by atoms with E-state index in [0.29, 0.717) is 42.9 Å². The number of aromatic nitrogens is 3. The SMILES string of the molecule is Cc1c(C(=O)OCC2CCOCC2)nnn1-c1ccc2c(c1)OCCO2. The Bertz CT molecular complexity index is 798. The summed E-state index contributed by atoms with van der Waals surface area (Å²) in [5.41, 5.74) is 1.60. The first-order valence-electron chi connectivity index (χ1n) is 8.79. The van der Waals surface area contributed by atoms with Gasteiger partial charge >= 0.3 is 5.97 Å². The minimum absolute atomic E-state index is 0.229. The Morgan fingerprint density at radius 2 is 1.96 bits per heavy atom. The van der Waals surface area contributed by atoms with E-state index in [9.17, 15) is 4.79 Å². The second kappa shape index (κ2) is 7.33. The molecule has 8 heteroatoms. The van der Waals surface area contributed by atoms with Crippen molar-refractivity contribution in [3.8, 4) is 17.2 Å². The van der Waals surface area contributed by atoms with Crippen LogP contribution < -0.4 is 9.47 Å². The Kier molecular flexibility index (Phi) is 4.75. The Labute approximate surface area is 151 Å². The van der Waals surface area contributed by atoms with E-state index in [-0.39, 0.29) is 5.69 Å². The van der Waals surface area contributed by atoms with E-state index >= 15 is 0 Å². The quantitative estimate of drug-likeness (QED) is 0.771. The molecule has 0 amide bonds. The molecule has 1 aromatic carbocycles. The molecule has 26 heavy (non-hydrogen) atoms. The average Bonchev–Trinajstić information content (AvgIpc) is 3.08. The maximum absolute atomic E-state index is 12.4. The van der Waals surface area contributed by atoms with Crippen molar-refractivity contribution in [1.29, 1.82) is 0 Å². The number of hydrogen-bond donors (Lipinski definition) is 0. The minimum Gasteiger partial charge on any atom is -0.486 e. The van der Waals surface area contributed by atoms with Crippen LogP contribution in [0.25, 0.3) is 5.69 Å². The zero-order chi connectivity index (χ0) is 17.9. The van der Waals surface area contributed by atoms with Crippen molar-refractivity contribution in [3.63, 3.8) is 0 Å². The molecule has 138 valence electrons. The molecular formula is C18H21N3O5. The summed E-state index contributed by atoms with van der Waals surface area (Å²) in [4.78, 5) is 12.4. The summed E-state index contributed by atoms with van der Waals surface area (Å²) in [5.74, 6) is 1.26. The van der Waals surface area contributed by atoms with Crippen LogP contribution in [0.5, 0.6) is 11.5 Å². The van der Waals surface area contributed by atoms with Gasteiger partial charge < -0.3 is 18.9 Å². The van der Waals surface area contributed by atoms with Gasteiger partial charge in [-0.1, -0.05) is 5.21 Å². The second-order valence-corrected chi connectivity index (χ2v) is 6.42. The van der Waals surface area contributed by atoms with E-state index in [1.807, 2.05) is 18.2 Å². The molecule has 0 aliphatic carbocycles. The first kappa shape index (κ1) is 16.8. The summed E-state index contributed by atoms with van der Waals surface area (Å²) >= 11 is 0. The lowest BCUT2D eigenvalue weighted by atomic mass is 10.0. The standard InChI is InChI=1S/C18H21N3O5/c1-12-17(18(22)26-11-13-4-6-23-7-5-13)19-20-21(12)14-2-3-15-16(10-14)25-9-8-24-15/h2-3,10,13H,4-9,11H2,1H3. The van der Waals surface area contributed by atoms with Crippen LogP contribution in [0.15, 0.2) is 18.2 Å². The summed E-state index contributed by atoms with van der Waals surface area (Å²) in [6.07, 6.45) is 1.83. The van der Waals surface area contributed by atoms with E-state index in [1.54, 1.807) is 11.6 Å². The number of carbonyl (C=O) groups excluding carboxylic acids is 1. The Hall–Kier alpha value is -2.61. The number of hydrogen-bond acceptors (Lipinski definition) is 7. The average molecular weight is 359 g/mol. The zero-order valence-electron chi connectivity index (χ0n) is 14.6. The highest BCUT2D eigenvalue weighted by molar-refractivity contribution is 5.88. The molecule has 0 unspecified atom stereocenters. The van der Waals surface area contributed by atoms with E-state index in [1.165, 1.54) is 0 Å². The van der Waals surface area contributed by atoms with Crippen molar-refractivity contribution in [2.45, 2.75) is 19.8 Å². The number of esters is 1. The van der Waals surface area contributed by atoms with Gasteiger partial charge in [0.15, 0.2) is 17.2 Å². The summed E-state index contributed by atoms with van der Waals surface area (Å²) in [6, 6.07) is 5.51. The number of ether oxygens (including phenoxy) is 4. The molecule has 0 spiro atoms. The normalized spacial score (nSPS) is 17.1. The van der Waals surface area contributed by atoms with Crippen LogP contribution in [0.1, 0.15) is 29.0 Å². The highest BCUT2D eigenvalue weighted by Crippen LogP contribution is 2.32. The van der Waals surface area contributed by atoms with Gasteiger partial charge in [0.25, 0.3) is 0 Å². The maximum Gasteiger partial charge on any atom is 0.360 e. The molecule has 2 aliphatic heterocycles. The highest BCUT2D eigenvalue weighted by atomic mass is 16.6. The van der Waals surface area contributed by atoms with Crippen LogP contribution >= 0.6 is 0 Å². The van der Waals surface area contributed by atoms with Gasteiger partial charge in [-0.25, -0.2) is 9.48 Å². The highest BCUT2D eigenvalue weighted by Gasteiger charge is 2.22. The molecule has 0 bridgehead atoms. The molecule has 0 atom stereocenters. The summed E-state index contributed by atoms with van der Waals surface area (Å²) in [5, 5.41) is 8.11. The van der Waals surface area contributed by atoms with Crippen LogP contribution in [-0.2, 0) is 9.47 Å². The molecule has 2 aromatic rings. The molecule has 0 N–H and O–H groups in total. The summed E-state index contributed by atoms with van der Waals surface area (Å²) in [6.45, 7) is 4.68. The molecule has 3 heterocycles. The molecule has 2 aliphatic rings. The van der Waals surface area contributed by atoms with Crippen molar-refractivity contribution < 1.29 is 23.7 Å². The predicted molar refractivity (Wildman–Crippen MR) is 90.9 cm³/mol. The number of carbonyl (C=O) groups is 1. The van der Waals surface area contributed by atoms with Crippen molar-refractivity contribution >= 4 is 5.97 Å². The fraction of sp³-hybridized carbons (Fsp3) is 0.500. The van der Waals surface area contributed by atoms with E-state index < -0.39 is 5.97 Å². The number of rotatable bonds is 4. The number of nitrogens with zero attached hydrogens (tertiary/aromatic N) is 3. The van der Waals surface area contributed by atoms with Gasteiger partial charge in [-0.3, -0.25) is 0 Å². The Morgan fingerprint density at radius 1 is 1.19 bits per heavy atom. The second-order valence-electron chi connectivity index (χ2n) is 6.42. The summed E-state index contributed by atoms with van der Waals surface area (Å²) in [7, 11) is 0. The van der Waals surface area contributed by atoms with Gasteiger partial charge in [0.1, 0.15) is 13.2 Å². The lowest BCUT2D eigenvalue weighted by molar-refractivity contribution is 0.0181. The molecule has 0 saturated carbocycles. The lowest BCUT2D eigenvalue weighted by Gasteiger charge is -2.21. The van der Waals surface area contributed by atoms with Crippen molar-refractivity contribution in [2.24, 2.45) is 5.92 Å².